The minimum atomic E-state index is -0.317. The van der Waals surface area contributed by atoms with E-state index in [2.05, 4.69) is 15.3 Å². The molecule has 0 atom stereocenters. The highest BCUT2D eigenvalue weighted by atomic mass is 19.1. The third-order valence-corrected chi connectivity index (χ3v) is 3.93. The lowest BCUT2D eigenvalue weighted by Crippen LogP contribution is -2.03. The first-order chi connectivity index (χ1) is 12.8. The molecule has 0 aliphatic heterocycles. The molecular weight excluding hydrogens is 329 g/mol. The van der Waals surface area contributed by atoms with Gasteiger partial charge in [0.1, 0.15) is 17.4 Å². The Morgan fingerprint density at radius 2 is 1.69 bits per heavy atom. The van der Waals surface area contributed by atoms with Gasteiger partial charge in [0, 0.05) is 17.2 Å². The van der Waals surface area contributed by atoms with E-state index in [1.54, 1.807) is 30.5 Å². The quantitative estimate of drug-likeness (QED) is 0.543. The number of furan rings is 1. The molecule has 0 aliphatic rings. The van der Waals surface area contributed by atoms with Gasteiger partial charge in [0.05, 0.1) is 18.5 Å². The third-order valence-electron chi connectivity index (χ3n) is 3.93. The number of aromatic nitrogens is 2. The van der Waals surface area contributed by atoms with Crippen molar-refractivity contribution in [2.45, 2.75) is 6.54 Å². The topological polar surface area (TPSA) is 51.0 Å². The molecule has 0 fully saturated rings. The summed E-state index contributed by atoms with van der Waals surface area (Å²) in [7, 11) is 0. The predicted molar refractivity (Wildman–Crippen MR) is 98.9 cm³/mol. The largest absolute Gasteiger partial charge is 0.467 e. The Balaban J connectivity index is 1.75. The summed E-state index contributed by atoms with van der Waals surface area (Å²) >= 11 is 0. The SMILES string of the molecule is Fc1ccccc1-c1cc(NCc2ccco2)nc(-c2ccccc2)n1. The van der Waals surface area contributed by atoms with Gasteiger partial charge in [-0.15, -0.1) is 0 Å². The Morgan fingerprint density at radius 3 is 2.46 bits per heavy atom. The Kier molecular flexibility index (Phi) is 4.43. The van der Waals surface area contributed by atoms with Gasteiger partial charge < -0.3 is 9.73 Å². The summed E-state index contributed by atoms with van der Waals surface area (Å²) in [6.07, 6.45) is 1.62. The number of benzene rings is 2. The molecule has 4 aromatic rings. The zero-order chi connectivity index (χ0) is 17.8. The van der Waals surface area contributed by atoms with Crippen LogP contribution in [-0.2, 0) is 6.54 Å². The van der Waals surface area contributed by atoms with E-state index in [1.807, 2.05) is 42.5 Å². The number of hydrogen-bond acceptors (Lipinski definition) is 4. The molecule has 4 nitrogen and oxygen atoms in total. The fourth-order valence-corrected chi connectivity index (χ4v) is 2.65. The summed E-state index contributed by atoms with van der Waals surface area (Å²) in [5.74, 6) is 1.61. The lowest BCUT2D eigenvalue weighted by Gasteiger charge is -2.10. The molecule has 0 saturated heterocycles. The third kappa shape index (κ3) is 3.47. The normalized spacial score (nSPS) is 10.7. The number of nitrogens with zero attached hydrogens (tertiary/aromatic N) is 2. The summed E-state index contributed by atoms with van der Waals surface area (Å²) in [6.45, 7) is 0.481. The molecule has 0 bridgehead atoms. The highest BCUT2D eigenvalue weighted by Gasteiger charge is 2.11. The van der Waals surface area contributed by atoms with Crippen molar-refractivity contribution >= 4 is 5.82 Å². The van der Waals surface area contributed by atoms with Crippen LogP contribution in [0.15, 0.2) is 83.5 Å². The maximum Gasteiger partial charge on any atom is 0.162 e. The van der Waals surface area contributed by atoms with E-state index in [4.69, 9.17) is 4.42 Å². The molecule has 0 amide bonds. The van der Waals surface area contributed by atoms with Crippen molar-refractivity contribution in [1.29, 1.82) is 0 Å². The molecule has 0 unspecified atom stereocenters. The molecule has 128 valence electrons. The van der Waals surface area contributed by atoms with Gasteiger partial charge >= 0.3 is 0 Å². The number of halogens is 1. The summed E-state index contributed by atoms with van der Waals surface area (Å²) in [5, 5.41) is 3.22. The molecule has 0 radical (unpaired) electrons. The monoisotopic (exact) mass is 345 g/mol. The van der Waals surface area contributed by atoms with E-state index in [9.17, 15) is 4.39 Å². The molecule has 2 aromatic heterocycles. The van der Waals surface area contributed by atoms with Crippen LogP contribution in [-0.4, -0.2) is 9.97 Å². The van der Waals surface area contributed by atoms with Crippen LogP contribution < -0.4 is 5.32 Å². The lowest BCUT2D eigenvalue weighted by molar-refractivity contribution is 0.518. The Morgan fingerprint density at radius 1 is 0.885 bits per heavy atom. The molecule has 26 heavy (non-hydrogen) atoms. The summed E-state index contributed by atoms with van der Waals surface area (Å²) in [6, 6.07) is 21.7. The first-order valence-corrected chi connectivity index (χ1v) is 8.25. The fraction of sp³-hybridized carbons (Fsp3) is 0.0476. The van der Waals surface area contributed by atoms with Crippen molar-refractivity contribution in [3.8, 4) is 22.6 Å². The first kappa shape index (κ1) is 16.0. The van der Waals surface area contributed by atoms with Crippen LogP contribution >= 0.6 is 0 Å². The number of hydrogen-bond donors (Lipinski definition) is 1. The van der Waals surface area contributed by atoms with Crippen LogP contribution in [0.25, 0.3) is 22.6 Å². The lowest BCUT2D eigenvalue weighted by atomic mass is 10.1. The zero-order valence-corrected chi connectivity index (χ0v) is 13.9. The molecule has 4 rings (SSSR count). The second kappa shape index (κ2) is 7.19. The van der Waals surface area contributed by atoms with Crippen molar-refractivity contribution in [3.63, 3.8) is 0 Å². The van der Waals surface area contributed by atoms with Crippen LogP contribution in [0.2, 0.25) is 0 Å². The first-order valence-electron chi connectivity index (χ1n) is 8.25. The smallest absolute Gasteiger partial charge is 0.162 e. The van der Waals surface area contributed by atoms with E-state index in [1.165, 1.54) is 6.07 Å². The van der Waals surface area contributed by atoms with Crippen LogP contribution in [0.4, 0.5) is 10.2 Å². The van der Waals surface area contributed by atoms with Crippen molar-refractivity contribution in [2.24, 2.45) is 0 Å². The molecule has 2 aromatic carbocycles. The van der Waals surface area contributed by atoms with Crippen molar-refractivity contribution in [3.05, 3.63) is 90.6 Å². The maximum absolute atomic E-state index is 14.3. The van der Waals surface area contributed by atoms with E-state index in [0.717, 1.165) is 11.3 Å². The number of rotatable bonds is 5. The summed E-state index contributed by atoms with van der Waals surface area (Å²) in [5.41, 5.74) is 1.83. The van der Waals surface area contributed by atoms with Crippen molar-refractivity contribution < 1.29 is 8.81 Å². The molecular formula is C21H16FN3O. The summed E-state index contributed by atoms with van der Waals surface area (Å²) < 4.78 is 19.6. The fourth-order valence-electron chi connectivity index (χ4n) is 2.65. The van der Waals surface area contributed by atoms with Crippen LogP contribution in [0.1, 0.15) is 5.76 Å². The summed E-state index contributed by atoms with van der Waals surface area (Å²) in [4.78, 5) is 9.14. The van der Waals surface area contributed by atoms with Crippen LogP contribution in [0, 0.1) is 5.82 Å². The van der Waals surface area contributed by atoms with Gasteiger partial charge in [-0.05, 0) is 24.3 Å². The van der Waals surface area contributed by atoms with Crippen LogP contribution in [0.3, 0.4) is 0 Å². The minimum Gasteiger partial charge on any atom is -0.467 e. The van der Waals surface area contributed by atoms with E-state index in [0.29, 0.717) is 29.4 Å². The number of nitrogens with one attached hydrogen (secondary N) is 1. The van der Waals surface area contributed by atoms with Crippen LogP contribution in [0.5, 0.6) is 0 Å². The van der Waals surface area contributed by atoms with E-state index in [-0.39, 0.29) is 5.82 Å². The van der Waals surface area contributed by atoms with E-state index < -0.39 is 0 Å². The zero-order valence-electron chi connectivity index (χ0n) is 13.9. The van der Waals surface area contributed by atoms with Gasteiger partial charge in [-0.3, -0.25) is 0 Å². The van der Waals surface area contributed by atoms with Gasteiger partial charge in [-0.1, -0.05) is 42.5 Å². The second-order valence-corrected chi connectivity index (χ2v) is 5.74. The average molecular weight is 345 g/mol. The van der Waals surface area contributed by atoms with Gasteiger partial charge in [0.15, 0.2) is 5.82 Å². The molecule has 0 spiro atoms. The van der Waals surface area contributed by atoms with Crippen molar-refractivity contribution in [2.75, 3.05) is 5.32 Å². The average Bonchev–Trinajstić information content (AvgIpc) is 3.21. The number of anilines is 1. The van der Waals surface area contributed by atoms with Gasteiger partial charge in [-0.25, -0.2) is 14.4 Å². The van der Waals surface area contributed by atoms with Crippen molar-refractivity contribution in [1.82, 2.24) is 9.97 Å². The van der Waals surface area contributed by atoms with Gasteiger partial charge in [0.2, 0.25) is 0 Å². The van der Waals surface area contributed by atoms with Gasteiger partial charge in [-0.2, -0.15) is 0 Å². The highest BCUT2D eigenvalue weighted by Crippen LogP contribution is 2.26. The Hall–Kier alpha value is -3.47. The second-order valence-electron chi connectivity index (χ2n) is 5.74. The molecule has 5 heteroatoms. The highest BCUT2D eigenvalue weighted by molar-refractivity contribution is 5.67. The predicted octanol–water partition coefficient (Wildman–Crippen LogP) is 5.15. The maximum atomic E-state index is 14.3. The van der Waals surface area contributed by atoms with E-state index >= 15 is 0 Å². The minimum absolute atomic E-state index is 0.317. The Labute approximate surface area is 150 Å². The standard InChI is InChI=1S/C21H16FN3O/c22-18-11-5-4-10-17(18)19-13-20(23-14-16-9-6-12-26-16)25-21(24-19)15-7-2-1-3-8-15/h1-13H,14H2,(H,23,24,25). The molecule has 2 heterocycles. The molecule has 0 saturated carbocycles. The molecule has 0 aliphatic carbocycles. The van der Waals surface area contributed by atoms with Gasteiger partial charge in [0.25, 0.3) is 0 Å². The Bertz CT molecular complexity index is 1000. The molecule has 1 N–H and O–H groups in total.